The molecular formula is C31H36ClF3N4O3. The molecule has 1 atom stereocenters. The summed E-state index contributed by atoms with van der Waals surface area (Å²) in [6.07, 6.45) is 5.40. The molecule has 5 rings (SSSR count). The van der Waals surface area contributed by atoms with Gasteiger partial charge in [0.1, 0.15) is 5.75 Å². The molecule has 0 bridgehead atoms. The van der Waals surface area contributed by atoms with Gasteiger partial charge in [0, 0.05) is 47.6 Å². The maximum atomic E-state index is 10.6. The first kappa shape index (κ1) is 32.9. The van der Waals surface area contributed by atoms with Gasteiger partial charge in [0.25, 0.3) is 0 Å². The second kappa shape index (κ2) is 14.0. The van der Waals surface area contributed by atoms with Gasteiger partial charge in [0.15, 0.2) is 0 Å². The number of aliphatic carboxylic acids is 1. The van der Waals surface area contributed by atoms with E-state index in [9.17, 15) is 13.2 Å². The minimum Gasteiger partial charge on any atom is -0.492 e. The zero-order valence-electron chi connectivity index (χ0n) is 23.1. The largest absolute Gasteiger partial charge is 0.492 e. The number of carboxylic acids is 1. The molecule has 226 valence electrons. The van der Waals surface area contributed by atoms with Crippen LogP contribution in [0, 0.1) is 13.8 Å². The average Bonchev–Trinajstić information content (AvgIpc) is 3.34. The van der Waals surface area contributed by atoms with Crippen molar-refractivity contribution < 1.29 is 27.8 Å². The highest BCUT2D eigenvalue weighted by Crippen LogP contribution is 2.40. The Morgan fingerprint density at radius 2 is 1.79 bits per heavy atom. The first-order valence-electron chi connectivity index (χ1n) is 13.3. The van der Waals surface area contributed by atoms with Gasteiger partial charge in [-0.05, 0) is 57.4 Å². The molecular weight excluding hydrogens is 569 g/mol. The van der Waals surface area contributed by atoms with Gasteiger partial charge < -0.3 is 15.2 Å². The Labute approximate surface area is 248 Å². The Morgan fingerprint density at radius 3 is 2.36 bits per heavy atom. The molecule has 1 aliphatic heterocycles. The number of carbonyl (C=O) groups is 1. The Kier molecular flexibility index (Phi) is 11.0. The van der Waals surface area contributed by atoms with Crippen LogP contribution in [0.3, 0.4) is 0 Å². The van der Waals surface area contributed by atoms with Crippen LogP contribution in [0.15, 0.2) is 48.9 Å². The third kappa shape index (κ3) is 8.23. The quantitative estimate of drug-likeness (QED) is 0.234. The van der Waals surface area contributed by atoms with Crippen LogP contribution in [-0.4, -0.2) is 51.2 Å². The van der Waals surface area contributed by atoms with E-state index in [0.717, 1.165) is 51.9 Å². The molecule has 0 aliphatic carbocycles. The number of piperidine rings is 1. The molecule has 1 fully saturated rings. The molecule has 0 saturated carbocycles. The Bertz CT molecular complexity index is 1510. The number of halogens is 4. The molecule has 2 aromatic heterocycles. The number of aromatic nitrogens is 3. The van der Waals surface area contributed by atoms with Gasteiger partial charge in [0.05, 0.1) is 23.3 Å². The molecule has 3 heterocycles. The van der Waals surface area contributed by atoms with E-state index in [4.69, 9.17) is 31.2 Å². The number of alkyl halides is 3. The highest BCUT2D eigenvalue weighted by atomic mass is 35.5. The summed E-state index contributed by atoms with van der Waals surface area (Å²) in [5.74, 6) is -1.89. The summed E-state index contributed by atoms with van der Waals surface area (Å²) < 4.78 is 40.1. The van der Waals surface area contributed by atoms with Crippen molar-refractivity contribution in [2.45, 2.75) is 59.2 Å². The number of ether oxygens (including phenoxy) is 1. The van der Waals surface area contributed by atoms with Crippen molar-refractivity contribution in [3.8, 4) is 28.0 Å². The lowest BCUT2D eigenvalue weighted by atomic mass is 9.98. The normalized spacial score (nSPS) is 15.0. The summed E-state index contributed by atoms with van der Waals surface area (Å²) in [6, 6.07) is 11.1. The lowest BCUT2D eigenvalue weighted by molar-refractivity contribution is -0.192. The summed E-state index contributed by atoms with van der Waals surface area (Å²) in [7, 11) is 1.91. The van der Waals surface area contributed by atoms with Crippen molar-refractivity contribution in [2.75, 3.05) is 13.2 Å². The molecule has 0 amide bonds. The molecule has 2 aromatic carbocycles. The van der Waals surface area contributed by atoms with Crippen LogP contribution in [0.25, 0.3) is 33.2 Å². The molecule has 0 radical (unpaired) electrons. The number of aryl methyl sites for hydroxylation is 3. The third-order valence-corrected chi connectivity index (χ3v) is 7.14. The second-order valence-electron chi connectivity index (χ2n) is 10.2. The van der Waals surface area contributed by atoms with Crippen molar-refractivity contribution in [3.63, 3.8) is 0 Å². The Hall–Kier alpha value is -3.63. The molecule has 1 saturated heterocycles. The van der Waals surface area contributed by atoms with Gasteiger partial charge in [-0.15, -0.1) is 0 Å². The van der Waals surface area contributed by atoms with Gasteiger partial charge in [0.2, 0.25) is 0 Å². The number of pyridine rings is 1. The highest BCUT2D eigenvalue weighted by Gasteiger charge is 2.38. The minimum atomic E-state index is -5.08. The van der Waals surface area contributed by atoms with Gasteiger partial charge in [-0.3, -0.25) is 9.67 Å². The lowest BCUT2D eigenvalue weighted by Gasteiger charge is -2.24. The number of hydrogen-bond donors (Lipinski definition) is 2. The zero-order chi connectivity index (χ0) is 29.7. The topological polar surface area (TPSA) is 89.3 Å². The highest BCUT2D eigenvalue weighted by molar-refractivity contribution is 6.34. The molecule has 11 heteroatoms. The van der Waals surface area contributed by atoms with E-state index in [1.807, 2.05) is 31.7 Å². The van der Waals surface area contributed by atoms with Crippen LogP contribution in [0.1, 0.15) is 44.2 Å². The number of hydrogen-bond acceptors (Lipinski definition) is 5. The van der Waals surface area contributed by atoms with Crippen LogP contribution in [0.2, 0.25) is 5.02 Å². The summed E-state index contributed by atoms with van der Waals surface area (Å²) in [4.78, 5) is 13.7. The maximum absolute atomic E-state index is 10.6. The predicted molar refractivity (Wildman–Crippen MR) is 160 cm³/mol. The van der Waals surface area contributed by atoms with Gasteiger partial charge in [-0.1, -0.05) is 54.8 Å². The van der Waals surface area contributed by atoms with Crippen molar-refractivity contribution in [2.24, 2.45) is 7.05 Å². The number of benzene rings is 2. The number of nitrogens with zero attached hydrogens (tertiary/aromatic N) is 3. The first-order valence-corrected chi connectivity index (χ1v) is 13.7. The molecule has 4 aromatic rings. The average molecular weight is 605 g/mol. The first-order chi connectivity index (χ1) is 19.4. The monoisotopic (exact) mass is 604 g/mol. The SMILES string of the molecule is C.Cc1cc(C)cc(-c2cnc3cc(Cl)c(-c4cnn(C)c4)cc3c2OCC[C@H]2CCCCN2)c1.O=C(O)C(F)(F)F. The summed E-state index contributed by atoms with van der Waals surface area (Å²) >= 11 is 6.68. The standard InChI is InChI=1S/C28H31ClN4O.C2HF3O2.CH4/c1-18-10-19(2)12-20(11-18)25-16-31-27-14-26(29)23(21-15-32-33(3)17-21)13-24(27)28(25)34-9-7-22-6-4-5-8-30-22;3-2(4,5)1(6)7;/h10-17,22,30H,4-9H2,1-3H3;(H,6,7);1H4/t22-;;/m1../s1. The van der Waals surface area contributed by atoms with Crippen molar-refractivity contribution in [3.05, 3.63) is 65.1 Å². The van der Waals surface area contributed by atoms with Gasteiger partial charge in [-0.2, -0.15) is 18.3 Å². The smallest absolute Gasteiger partial charge is 0.490 e. The van der Waals surface area contributed by atoms with Crippen molar-refractivity contribution in [1.29, 1.82) is 0 Å². The molecule has 0 unspecified atom stereocenters. The number of rotatable bonds is 6. The fourth-order valence-electron chi connectivity index (χ4n) is 4.94. The fourth-order valence-corrected chi connectivity index (χ4v) is 5.20. The number of fused-ring (bicyclic) bond motifs is 1. The van der Waals surface area contributed by atoms with E-state index in [-0.39, 0.29) is 7.43 Å². The van der Waals surface area contributed by atoms with E-state index in [0.29, 0.717) is 17.7 Å². The van der Waals surface area contributed by atoms with Gasteiger partial charge in [-0.25, -0.2) is 4.79 Å². The summed E-state index contributed by atoms with van der Waals surface area (Å²) in [5.41, 5.74) is 7.31. The van der Waals surface area contributed by atoms with E-state index in [1.165, 1.54) is 30.4 Å². The Morgan fingerprint density at radius 1 is 1.10 bits per heavy atom. The summed E-state index contributed by atoms with van der Waals surface area (Å²) in [6.45, 7) is 6.00. The summed E-state index contributed by atoms with van der Waals surface area (Å²) in [5, 5.41) is 16.7. The second-order valence-corrected chi connectivity index (χ2v) is 10.6. The molecule has 42 heavy (non-hydrogen) atoms. The predicted octanol–water partition coefficient (Wildman–Crippen LogP) is 7.75. The van der Waals surface area contributed by atoms with E-state index < -0.39 is 12.1 Å². The fraction of sp³-hybridized carbons (Fsp3) is 0.387. The Balaban J connectivity index is 0.000000541. The maximum Gasteiger partial charge on any atom is 0.490 e. The van der Waals surface area contributed by atoms with Crippen LogP contribution in [0.4, 0.5) is 13.2 Å². The lowest BCUT2D eigenvalue weighted by Crippen LogP contribution is -2.35. The van der Waals surface area contributed by atoms with Crippen LogP contribution in [-0.2, 0) is 11.8 Å². The van der Waals surface area contributed by atoms with Crippen molar-refractivity contribution >= 4 is 28.5 Å². The third-order valence-electron chi connectivity index (χ3n) is 6.82. The van der Waals surface area contributed by atoms with Crippen LogP contribution < -0.4 is 10.1 Å². The van der Waals surface area contributed by atoms with Crippen molar-refractivity contribution in [1.82, 2.24) is 20.1 Å². The van der Waals surface area contributed by atoms with Crippen LogP contribution in [0.5, 0.6) is 5.75 Å². The number of nitrogens with one attached hydrogen (secondary N) is 1. The van der Waals surface area contributed by atoms with Crippen LogP contribution >= 0.6 is 11.6 Å². The molecule has 0 spiro atoms. The molecule has 1 aliphatic rings. The van der Waals surface area contributed by atoms with E-state index >= 15 is 0 Å². The number of carboxylic acid groups (broad SMARTS) is 1. The van der Waals surface area contributed by atoms with E-state index in [1.54, 1.807) is 4.68 Å². The zero-order valence-corrected chi connectivity index (χ0v) is 23.8. The molecule has 7 nitrogen and oxygen atoms in total. The minimum absolute atomic E-state index is 0. The van der Waals surface area contributed by atoms with Gasteiger partial charge >= 0.3 is 12.1 Å². The molecule has 2 N–H and O–H groups in total. The van der Waals surface area contributed by atoms with E-state index in [2.05, 4.69) is 48.5 Å².